The van der Waals surface area contributed by atoms with Crippen molar-refractivity contribution in [1.29, 1.82) is 0 Å². The van der Waals surface area contributed by atoms with Gasteiger partial charge in [0.1, 0.15) is 0 Å². The molecule has 0 bridgehead atoms. The maximum Gasteiger partial charge on any atom is 0.0223 e. The fourth-order valence-electron chi connectivity index (χ4n) is 1.73. The smallest absolute Gasteiger partial charge is 0.0223 e. The van der Waals surface area contributed by atoms with Crippen LogP contribution in [0.1, 0.15) is 31.1 Å². The van der Waals surface area contributed by atoms with E-state index in [-0.39, 0.29) is 0 Å². The number of halogens is 1. The Hall–Kier alpha value is -0.0500. The van der Waals surface area contributed by atoms with E-state index in [2.05, 4.69) is 36.4 Å². The van der Waals surface area contributed by atoms with Crippen molar-refractivity contribution in [2.24, 2.45) is 0 Å². The minimum atomic E-state index is 0.634. The zero-order valence-corrected chi connectivity index (χ0v) is 11.9. The molecule has 0 amide bonds. The van der Waals surface area contributed by atoms with Crippen LogP contribution in [0, 0.1) is 0 Å². The number of hydrogen-bond donors (Lipinski definition) is 0. The Morgan fingerprint density at radius 3 is 2.81 bits per heavy atom. The summed E-state index contributed by atoms with van der Waals surface area (Å²) in [7, 11) is 2.22. The molecule has 0 saturated carbocycles. The molecule has 1 nitrogen and oxygen atoms in total. The first kappa shape index (κ1) is 14.0. The van der Waals surface area contributed by atoms with Crippen molar-refractivity contribution in [2.75, 3.05) is 19.5 Å². The van der Waals surface area contributed by atoms with Crippen molar-refractivity contribution in [3.63, 3.8) is 0 Å². The molecule has 0 radical (unpaired) electrons. The van der Waals surface area contributed by atoms with Crippen molar-refractivity contribution in [3.8, 4) is 0 Å². The van der Waals surface area contributed by atoms with Gasteiger partial charge >= 0.3 is 0 Å². The minimum absolute atomic E-state index is 0.634. The number of hydrogen-bond acceptors (Lipinski definition) is 2. The lowest BCUT2D eigenvalue weighted by Gasteiger charge is -2.24. The number of unbranched alkanes of at least 4 members (excludes halogenated alkanes) is 2. The predicted molar refractivity (Wildman–Crippen MR) is 74.7 cm³/mol. The van der Waals surface area contributed by atoms with E-state index in [1.165, 1.54) is 30.7 Å². The summed E-state index contributed by atoms with van der Waals surface area (Å²) >= 11 is 7.52. The van der Waals surface area contributed by atoms with Crippen LogP contribution in [0.2, 0.25) is 0 Å². The van der Waals surface area contributed by atoms with Gasteiger partial charge in [-0.3, -0.25) is 0 Å². The quantitative estimate of drug-likeness (QED) is 0.504. The summed E-state index contributed by atoms with van der Waals surface area (Å²) in [5.41, 5.74) is 0. The Kier molecular flexibility index (Phi) is 7.10. The number of likely N-dealkylation sites (N-methyl/N-ethyl adjacent to an activating group) is 1. The molecule has 0 aromatic carbocycles. The topological polar surface area (TPSA) is 3.24 Å². The van der Waals surface area contributed by atoms with Crippen molar-refractivity contribution in [2.45, 2.75) is 38.6 Å². The Morgan fingerprint density at radius 2 is 2.19 bits per heavy atom. The Labute approximate surface area is 108 Å². The van der Waals surface area contributed by atoms with Crippen LogP contribution in [0.15, 0.2) is 17.5 Å². The fraction of sp³-hybridized carbons (Fsp3) is 0.692. The zero-order valence-electron chi connectivity index (χ0n) is 10.3. The van der Waals surface area contributed by atoms with E-state index in [0.717, 1.165) is 12.3 Å². The average Bonchev–Trinajstić information content (AvgIpc) is 2.76. The Bertz CT molecular complexity index is 261. The second kappa shape index (κ2) is 8.10. The maximum atomic E-state index is 5.66. The van der Waals surface area contributed by atoms with E-state index in [1.807, 2.05) is 11.3 Å². The molecular formula is C13H22ClNS. The van der Waals surface area contributed by atoms with Gasteiger partial charge in [-0.2, -0.15) is 0 Å². The highest BCUT2D eigenvalue weighted by Gasteiger charge is 2.09. The van der Waals surface area contributed by atoms with Gasteiger partial charge in [-0.1, -0.05) is 12.5 Å². The van der Waals surface area contributed by atoms with Gasteiger partial charge < -0.3 is 4.90 Å². The maximum absolute atomic E-state index is 5.66. The summed E-state index contributed by atoms with van der Waals surface area (Å²) < 4.78 is 0. The molecule has 1 rings (SSSR count). The van der Waals surface area contributed by atoms with E-state index >= 15 is 0 Å². The van der Waals surface area contributed by atoms with E-state index in [9.17, 15) is 0 Å². The molecule has 1 atom stereocenters. The fourth-order valence-corrected chi connectivity index (χ4v) is 2.74. The molecule has 0 aliphatic heterocycles. The van der Waals surface area contributed by atoms with Crippen LogP contribution in [0.3, 0.4) is 0 Å². The first-order valence-corrected chi connectivity index (χ1v) is 7.44. The molecular weight excluding hydrogens is 238 g/mol. The van der Waals surface area contributed by atoms with Gasteiger partial charge in [-0.25, -0.2) is 0 Å². The number of thiophene rings is 1. The summed E-state index contributed by atoms with van der Waals surface area (Å²) in [5, 5.41) is 2.16. The molecule has 0 N–H and O–H groups in total. The molecule has 0 fully saturated rings. The van der Waals surface area contributed by atoms with E-state index in [4.69, 9.17) is 11.6 Å². The first-order valence-electron chi connectivity index (χ1n) is 6.02. The third-order valence-corrected chi connectivity index (χ3v) is 4.14. The largest absolute Gasteiger partial charge is 0.303 e. The number of nitrogens with zero attached hydrogens (tertiary/aromatic N) is 1. The normalized spacial score (nSPS) is 13.2. The standard InChI is InChI=1S/C13H22ClNS/c1-12(11-13-7-6-10-16-13)15(2)9-5-3-4-8-14/h6-7,10,12H,3-5,8-9,11H2,1-2H3. The lowest BCUT2D eigenvalue weighted by atomic mass is 10.1. The molecule has 0 aliphatic carbocycles. The number of alkyl halides is 1. The van der Waals surface area contributed by atoms with Crippen LogP contribution in [-0.2, 0) is 6.42 Å². The third-order valence-electron chi connectivity index (χ3n) is 2.97. The van der Waals surface area contributed by atoms with Crippen LogP contribution >= 0.6 is 22.9 Å². The molecule has 1 aromatic rings. The van der Waals surface area contributed by atoms with Gasteiger partial charge in [0.05, 0.1) is 0 Å². The molecule has 1 unspecified atom stereocenters. The van der Waals surface area contributed by atoms with Crippen LogP contribution in [0.4, 0.5) is 0 Å². The van der Waals surface area contributed by atoms with Crippen molar-refractivity contribution in [1.82, 2.24) is 4.90 Å². The van der Waals surface area contributed by atoms with E-state index in [0.29, 0.717) is 6.04 Å². The molecule has 3 heteroatoms. The highest BCUT2D eigenvalue weighted by molar-refractivity contribution is 7.09. The number of rotatable bonds is 8. The Balaban J connectivity index is 2.17. The molecule has 0 aliphatic rings. The van der Waals surface area contributed by atoms with Gasteiger partial charge in [0.2, 0.25) is 0 Å². The second-order valence-corrected chi connectivity index (χ2v) is 5.77. The predicted octanol–water partition coefficient (Wildman–Crippen LogP) is 4.02. The summed E-state index contributed by atoms with van der Waals surface area (Å²) in [6.07, 6.45) is 4.83. The van der Waals surface area contributed by atoms with Gasteiger partial charge in [-0.15, -0.1) is 22.9 Å². The highest BCUT2D eigenvalue weighted by Crippen LogP contribution is 2.13. The highest BCUT2D eigenvalue weighted by atomic mass is 35.5. The van der Waals surface area contributed by atoms with Gasteiger partial charge in [0.15, 0.2) is 0 Å². The Morgan fingerprint density at radius 1 is 1.38 bits per heavy atom. The van der Waals surface area contributed by atoms with Crippen LogP contribution in [0.25, 0.3) is 0 Å². The summed E-state index contributed by atoms with van der Waals surface area (Å²) in [6, 6.07) is 4.99. The molecule has 92 valence electrons. The van der Waals surface area contributed by atoms with Gasteiger partial charge in [-0.05, 0) is 51.2 Å². The zero-order chi connectivity index (χ0) is 11.8. The van der Waals surface area contributed by atoms with E-state index < -0.39 is 0 Å². The molecule has 1 aromatic heterocycles. The van der Waals surface area contributed by atoms with Crippen LogP contribution in [0.5, 0.6) is 0 Å². The monoisotopic (exact) mass is 259 g/mol. The molecule has 1 heterocycles. The van der Waals surface area contributed by atoms with Crippen LogP contribution < -0.4 is 0 Å². The summed E-state index contributed by atoms with van der Waals surface area (Å²) in [5.74, 6) is 0.800. The van der Waals surface area contributed by atoms with E-state index in [1.54, 1.807) is 0 Å². The van der Waals surface area contributed by atoms with Crippen molar-refractivity contribution >= 4 is 22.9 Å². The van der Waals surface area contributed by atoms with Crippen LogP contribution in [-0.4, -0.2) is 30.4 Å². The molecule has 0 saturated heterocycles. The second-order valence-electron chi connectivity index (χ2n) is 4.36. The average molecular weight is 260 g/mol. The molecule has 0 spiro atoms. The third kappa shape index (κ3) is 5.33. The summed E-state index contributed by atoms with van der Waals surface area (Å²) in [4.78, 5) is 3.94. The lowest BCUT2D eigenvalue weighted by Crippen LogP contribution is -2.31. The molecule has 16 heavy (non-hydrogen) atoms. The van der Waals surface area contributed by atoms with Crippen molar-refractivity contribution < 1.29 is 0 Å². The van der Waals surface area contributed by atoms with Gasteiger partial charge in [0, 0.05) is 16.8 Å². The SMILES string of the molecule is CC(Cc1cccs1)N(C)CCCCCCl. The minimum Gasteiger partial charge on any atom is -0.303 e. The lowest BCUT2D eigenvalue weighted by molar-refractivity contribution is 0.252. The van der Waals surface area contributed by atoms with Gasteiger partial charge in [0.25, 0.3) is 0 Å². The summed E-state index contributed by atoms with van der Waals surface area (Å²) in [6.45, 7) is 3.49. The van der Waals surface area contributed by atoms with Crippen molar-refractivity contribution in [3.05, 3.63) is 22.4 Å². The first-order chi connectivity index (χ1) is 7.74.